The zero-order valence-corrected chi connectivity index (χ0v) is 8.27. The van der Waals surface area contributed by atoms with E-state index in [1.807, 2.05) is 0 Å². The molecule has 0 aromatic rings. The van der Waals surface area contributed by atoms with Crippen molar-refractivity contribution in [1.82, 2.24) is 0 Å². The summed E-state index contributed by atoms with van der Waals surface area (Å²) in [6.45, 7) is 4.75. The second-order valence-electron chi connectivity index (χ2n) is 4.31. The van der Waals surface area contributed by atoms with Crippen molar-refractivity contribution in [2.45, 2.75) is 50.5 Å². The molecule has 0 aromatic heterocycles. The van der Waals surface area contributed by atoms with Crippen LogP contribution < -0.4 is 0 Å². The molecule has 3 atom stereocenters. The van der Waals surface area contributed by atoms with Crippen molar-refractivity contribution >= 4 is 17.7 Å². The zero-order chi connectivity index (χ0) is 8.27. The van der Waals surface area contributed by atoms with Crippen LogP contribution in [0, 0.1) is 11.8 Å². The fourth-order valence-electron chi connectivity index (χ4n) is 2.49. The van der Waals surface area contributed by atoms with Gasteiger partial charge in [-0.15, -0.1) is 0 Å². The summed E-state index contributed by atoms with van der Waals surface area (Å²) in [6.07, 6.45) is 7.31. The van der Waals surface area contributed by atoms with Gasteiger partial charge in [-0.05, 0) is 0 Å². The van der Waals surface area contributed by atoms with Gasteiger partial charge in [0.05, 0.1) is 0 Å². The van der Waals surface area contributed by atoms with Crippen molar-refractivity contribution in [2.24, 2.45) is 11.8 Å². The van der Waals surface area contributed by atoms with Crippen LogP contribution in [0.1, 0.15) is 46.0 Å². The van der Waals surface area contributed by atoms with Crippen LogP contribution in [-0.2, 0) is 0 Å². The molecule has 1 rings (SSSR count). The summed E-state index contributed by atoms with van der Waals surface area (Å²) in [5, 5.41) is 0. The second kappa shape index (κ2) is 4.58. The molecule has 1 fully saturated rings. The molecule has 0 heterocycles. The molecule has 0 N–H and O–H groups in total. The Balaban J connectivity index is 2.40. The first-order valence-corrected chi connectivity index (χ1v) is 5.25. The summed E-state index contributed by atoms with van der Waals surface area (Å²) in [7, 11) is 0. The minimum absolute atomic E-state index is 0.963. The first kappa shape index (κ1) is 9.68. The van der Waals surface area contributed by atoms with E-state index in [1.165, 1.54) is 32.1 Å². The van der Waals surface area contributed by atoms with Crippen LogP contribution in [-0.4, -0.2) is 17.7 Å². The van der Waals surface area contributed by atoms with E-state index in [1.54, 1.807) is 0 Å². The van der Waals surface area contributed by atoms with Crippen molar-refractivity contribution in [3.05, 3.63) is 0 Å². The Bertz CT molecular complexity index is 107. The molecule has 0 bridgehead atoms. The number of hydrogen-bond donors (Lipinski definition) is 0. The van der Waals surface area contributed by atoms with Gasteiger partial charge >= 0.3 is 80.1 Å². The van der Waals surface area contributed by atoms with E-state index in [2.05, 4.69) is 31.6 Å². The third-order valence-corrected chi connectivity index (χ3v) is 3.55. The van der Waals surface area contributed by atoms with Crippen molar-refractivity contribution in [2.75, 3.05) is 0 Å². The molecule has 0 radical (unpaired) electrons. The minimum atomic E-state index is 0.963. The summed E-state index contributed by atoms with van der Waals surface area (Å²) >= 11 is 2.44. The van der Waals surface area contributed by atoms with E-state index < -0.39 is 0 Å². The Hall–Kier alpha value is 0.597. The topological polar surface area (TPSA) is 0 Å². The van der Waals surface area contributed by atoms with Crippen LogP contribution in [0.5, 0.6) is 0 Å². The molecule has 11 heavy (non-hydrogen) atoms. The third kappa shape index (κ3) is 2.53. The van der Waals surface area contributed by atoms with Gasteiger partial charge < -0.3 is 0 Å². The van der Waals surface area contributed by atoms with Crippen LogP contribution in [0.15, 0.2) is 0 Å². The summed E-state index contributed by atoms with van der Waals surface area (Å²) in [6, 6.07) is 0. The first-order valence-electron chi connectivity index (χ1n) is 5.25. The maximum absolute atomic E-state index is 2.44. The fraction of sp³-hybridized carbons (Fsp3) is 1.00. The molecule has 0 amide bonds. The van der Waals surface area contributed by atoms with Gasteiger partial charge in [-0.2, -0.15) is 0 Å². The van der Waals surface area contributed by atoms with Gasteiger partial charge in [-0.3, -0.25) is 0 Å². The van der Waals surface area contributed by atoms with Crippen molar-refractivity contribution in [1.29, 1.82) is 0 Å². The molecule has 1 heteroatoms. The predicted octanol–water partition coefficient (Wildman–Crippen LogP) is 3.18. The number of hydrogen-bond acceptors (Lipinski definition) is 0. The molecule has 1 aliphatic carbocycles. The Kier molecular flexibility index (Phi) is 4.03. The molecule has 0 aliphatic heterocycles. The first-order chi connectivity index (χ1) is 5.25. The molecule has 1 saturated carbocycles. The van der Waals surface area contributed by atoms with Gasteiger partial charge in [0.15, 0.2) is 0 Å². The number of rotatable bonds is 2. The standard InChI is InChI=1S/C10H19.Li/c1-3-9(2)10-7-5-4-6-8-10;/h7,9-10H,3-6,8H2,1-2H3;. The summed E-state index contributed by atoms with van der Waals surface area (Å²) in [5.74, 6) is 2.00. The predicted molar refractivity (Wildman–Crippen MR) is 50.9 cm³/mol. The van der Waals surface area contributed by atoms with Gasteiger partial charge in [0.25, 0.3) is 0 Å². The average Bonchev–Trinajstić information content (AvgIpc) is 2.04. The Morgan fingerprint density at radius 2 is 2.00 bits per heavy atom. The van der Waals surface area contributed by atoms with E-state index in [0.717, 1.165) is 16.4 Å². The Morgan fingerprint density at radius 1 is 1.36 bits per heavy atom. The molecule has 0 spiro atoms. The van der Waals surface area contributed by atoms with E-state index in [9.17, 15) is 0 Å². The van der Waals surface area contributed by atoms with Crippen molar-refractivity contribution in [3.63, 3.8) is 0 Å². The molecule has 0 aromatic carbocycles. The quantitative estimate of drug-likeness (QED) is 0.525. The SMILES string of the molecule is [Li][CH]1CCCCC1C(C)CC. The van der Waals surface area contributed by atoms with Gasteiger partial charge in [0.1, 0.15) is 0 Å². The monoisotopic (exact) mass is 146 g/mol. The third-order valence-electron chi connectivity index (χ3n) is 3.55. The van der Waals surface area contributed by atoms with Crippen LogP contribution >= 0.6 is 0 Å². The van der Waals surface area contributed by atoms with Gasteiger partial charge in [-0.1, -0.05) is 0 Å². The van der Waals surface area contributed by atoms with Crippen LogP contribution in [0.25, 0.3) is 0 Å². The fourth-order valence-corrected chi connectivity index (χ4v) is 2.49. The van der Waals surface area contributed by atoms with E-state index in [0.29, 0.717) is 0 Å². The molecule has 1 aliphatic rings. The van der Waals surface area contributed by atoms with Gasteiger partial charge in [0.2, 0.25) is 0 Å². The van der Waals surface area contributed by atoms with Crippen molar-refractivity contribution < 1.29 is 0 Å². The van der Waals surface area contributed by atoms with Crippen LogP contribution in [0.3, 0.4) is 0 Å². The average molecular weight is 146 g/mol. The second-order valence-corrected chi connectivity index (χ2v) is 4.31. The normalized spacial score (nSPS) is 35.3. The molecule has 3 unspecified atom stereocenters. The van der Waals surface area contributed by atoms with E-state index in [4.69, 9.17) is 0 Å². The molecule has 0 nitrogen and oxygen atoms in total. The molecular formula is C10H19Li. The van der Waals surface area contributed by atoms with E-state index >= 15 is 0 Å². The van der Waals surface area contributed by atoms with Crippen molar-refractivity contribution in [3.8, 4) is 0 Å². The van der Waals surface area contributed by atoms with Crippen LogP contribution in [0.4, 0.5) is 0 Å². The Morgan fingerprint density at radius 3 is 2.55 bits per heavy atom. The Labute approximate surface area is 80.3 Å². The summed E-state index contributed by atoms with van der Waals surface area (Å²) in [5.41, 5.74) is 0. The van der Waals surface area contributed by atoms with Gasteiger partial charge in [-0.25, -0.2) is 0 Å². The molecular weight excluding hydrogens is 127 g/mol. The van der Waals surface area contributed by atoms with Gasteiger partial charge in [0, 0.05) is 0 Å². The summed E-state index contributed by atoms with van der Waals surface area (Å²) < 4.78 is 0.999. The maximum atomic E-state index is 2.44. The van der Waals surface area contributed by atoms with Crippen LogP contribution in [0.2, 0.25) is 4.59 Å². The summed E-state index contributed by atoms with van der Waals surface area (Å²) in [4.78, 5) is 0. The zero-order valence-electron chi connectivity index (χ0n) is 8.27. The molecule has 60 valence electrons. The molecule has 0 saturated heterocycles. The van der Waals surface area contributed by atoms with E-state index in [-0.39, 0.29) is 0 Å².